The number of allylic oxidation sites excluding steroid dienone is 1. The van der Waals surface area contributed by atoms with Crippen LogP contribution in [-0.4, -0.2) is 18.5 Å². The molecule has 0 saturated heterocycles. The third-order valence-electron chi connectivity index (χ3n) is 2.52. The Labute approximate surface area is 85.7 Å². The van der Waals surface area contributed by atoms with Gasteiger partial charge in [0, 0.05) is 19.0 Å². The van der Waals surface area contributed by atoms with E-state index < -0.39 is 0 Å². The highest BCUT2D eigenvalue weighted by Gasteiger charge is 2.29. The first-order chi connectivity index (χ1) is 6.74. The second kappa shape index (κ2) is 5.81. The summed E-state index contributed by atoms with van der Waals surface area (Å²) in [5, 5.41) is 2.86. The van der Waals surface area contributed by atoms with Gasteiger partial charge < -0.3 is 11.1 Å². The van der Waals surface area contributed by atoms with Crippen molar-refractivity contribution in [3.8, 4) is 0 Å². The molecule has 14 heavy (non-hydrogen) atoms. The number of carbonyl (C=O) groups excluding carboxylic acids is 1. The summed E-state index contributed by atoms with van der Waals surface area (Å²) >= 11 is 0. The summed E-state index contributed by atoms with van der Waals surface area (Å²) in [5.41, 5.74) is 5.84. The van der Waals surface area contributed by atoms with Crippen LogP contribution in [0.5, 0.6) is 0 Å². The summed E-state index contributed by atoms with van der Waals surface area (Å²) in [6.45, 7) is 2.70. The van der Waals surface area contributed by atoms with E-state index in [1.54, 1.807) is 0 Å². The van der Waals surface area contributed by atoms with Gasteiger partial charge in [0.05, 0.1) is 0 Å². The zero-order valence-electron chi connectivity index (χ0n) is 8.83. The fraction of sp³-hybridized carbons (Fsp3) is 0.727. The molecule has 3 N–H and O–H groups in total. The first-order valence-corrected chi connectivity index (χ1v) is 5.37. The van der Waals surface area contributed by atoms with Crippen LogP contribution in [-0.2, 0) is 4.79 Å². The van der Waals surface area contributed by atoms with E-state index in [0.717, 1.165) is 13.0 Å². The van der Waals surface area contributed by atoms with Crippen molar-refractivity contribution in [2.45, 2.75) is 38.6 Å². The van der Waals surface area contributed by atoms with E-state index in [0.29, 0.717) is 12.3 Å². The molecule has 3 heteroatoms. The van der Waals surface area contributed by atoms with Gasteiger partial charge in [-0.3, -0.25) is 4.79 Å². The summed E-state index contributed by atoms with van der Waals surface area (Å²) in [4.78, 5) is 11.3. The molecule has 0 aromatic heterocycles. The molecule has 3 nitrogen and oxygen atoms in total. The normalized spacial score (nSPS) is 18.4. The number of amides is 1. The average Bonchev–Trinajstić information content (AvgIpc) is 2.95. The van der Waals surface area contributed by atoms with Gasteiger partial charge in [0.1, 0.15) is 0 Å². The van der Waals surface area contributed by atoms with E-state index in [9.17, 15) is 4.79 Å². The second-order valence-corrected chi connectivity index (χ2v) is 3.91. The van der Waals surface area contributed by atoms with Crippen molar-refractivity contribution < 1.29 is 4.79 Å². The number of nitrogens with two attached hydrogens (primary N) is 1. The summed E-state index contributed by atoms with van der Waals surface area (Å²) in [6.07, 6.45) is 7.82. The Hall–Kier alpha value is -0.830. The number of nitrogens with one attached hydrogen (secondary N) is 1. The molecule has 1 saturated carbocycles. The topological polar surface area (TPSA) is 55.1 Å². The minimum absolute atomic E-state index is 0.0803. The fourth-order valence-corrected chi connectivity index (χ4v) is 1.44. The zero-order valence-corrected chi connectivity index (χ0v) is 8.83. The molecule has 1 aliphatic carbocycles. The quantitative estimate of drug-likeness (QED) is 0.495. The van der Waals surface area contributed by atoms with Crippen molar-refractivity contribution in [3.05, 3.63) is 12.2 Å². The SMILES string of the molecule is C/C=C/CCNC(=O)CC(N)C1CC1. The molecule has 1 atom stereocenters. The van der Waals surface area contributed by atoms with Crippen LogP contribution in [0.25, 0.3) is 0 Å². The van der Waals surface area contributed by atoms with Crippen LogP contribution in [0.4, 0.5) is 0 Å². The molecule has 0 aromatic carbocycles. The van der Waals surface area contributed by atoms with Crippen molar-refractivity contribution >= 4 is 5.91 Å². The lowest BCUT2D eigenvalue weighted by Crippen LogP contribution is -2.33. The number of hydrogen-bond donors (Lipinski definition) is 2. The van der Waals surface area contributed by atoms with E-state index >= 15 is 0 Å². The van der Waals surface area contributed by atoms with Crippen LogP contribution < -0.4 is 11.1 Å². The molecule has 1 fully saturated rings. The largest absolute Gasteiger partial charge is 0.356 e. The molecule has 1 rings (SSSR count). The van der Waals surface area contributed by atoms with Crippen LogP contribution in [0.3, 0.4) is 0 Å². The van der Waals surface area contributed by atoms with Gasteiger partial charge in [-0.25, -0.2) is 0 Å². The lowest BCUT2D eigenvalue weighted by Gasteiger charge is -2.09. The van der Waals surface area contributed by atoms with Gasteiger partial charge in [-0.05, 0) is 32.1 Å². The summed E-state index contributed by atoms with van der Waals surface area (Å²) in [6, 6.07) is 0.0803. The molecule has 0 spiro atoms. The molecule has 0 radical (unpaired) electrons. The third-order valence-corrected chi connectivity index (χ3v) is 2.52. The minimum atomic E-state index is 0.0803. The smallest absolute Gasteiger partial charge is 0.221 e. The predicted molar refractivity (Wildman–Crippen MR) is 57.8 cm³/mol. The Bertz CT molecular complexity index is 209. The molecule has 0 aliphatic heterocycles. The maximum Gasteiger partial charge on any atom is 0.221 e. The predicted octanol–water partition coefficient (Wildman–Crippen LogP) is 1.20. The fourth-order valence-electron chi connectivity index (χ4n) is 1.44. The molecular weight excluding hydrogens is 176 g/mol. The van der Waals surface area contributed by atoms with Gasteiger partial charge in [0.15, 0.2) is 0 Å². The van der Waals surface area contributed by atoms with Gasteiger partial charge in [0.2, 0.25) is 5.91 Å². The van der Waals surface area contributed by atoms with Gasteiger partial charge in [-0.2, -0.15) is 0 Å². The summed E-state index contributed by atoms with van der Waals surface area (Å²) in [5.74, 6) is 0.699. The van der Waals surface area contributed by atoms with Crippen molar-refractivity contribution in [2.24, 2.45) is 11.7 Å². The van der Waals surface area contributed by atoms with Crippen molar-refractivity contribution in [1.82, 2.24) is 5.32 Å². The summed E-state index contributed by atoms with van der Waals surface area (Å²) in [7, 11) is 0. The van der Waals surface area contributed by atoms with Gasteiger partial charge in [-0.15, -0.1) is 0 Å². The Morgan fingerprint density at radius 3 is 2.93 bits per heavy atom. The molecule has 0 bridgehead atoms. The van der Waals surface area contributed by atoms with Gasteiger partial charge >= 0.3 is 0 Å². The van der Waals surface area contributed by atoms with Crippen LogP contribution >= 0.6 is 0 Å². The lowest BCUT2D eigenvalue weighted by molar-refractivity contribution is -0.121. The van der Waals surface area contributed by atoms with Crippen molar-refractivity contribution in [1.29, 1.82) is 0 Å². The molecule has 1 amide bonds. The molecule has 0 aromatic rings. The van der Waals surface area contributed by atoms with E-state index in [1.807, 2.05) is 19.1 Å². The van der Waals surface area contributed by atoms with E-state index in [2.05, 4.69) is 5.32 Å². The number of rotatable bonds is 6. The number of hydrogen-bond acceptors (Lipinski definition) is 2. The minimum Gasteiger partial charge on any atom is -0.356 e. The highest BCUT2D eigenvalue weighted by atomic mass is 16.1. The maximum atomic E-state index is 11.3. The van der Waals surface area contributed by atoms with Crippen molar-refractivity contribution in [2.75, 3.05) is 6.54 Å². The zero-order chi connectivity index (χ0) is 10.4. The first-order valence-electron chi connectivity index (χ1n) is 5.37. The molecular formula is C11H20N2O. The highest BCUT2D eigenvalue weighted by molar-refractivity contribution is 5.76. The van der Waals surface area contributed by atoms with E-state index in [4.69, 9.17) is 5.73 Å². The van der Waals surface area contributed by atoms with Crippen LogP contribution in [0, 0.1) is 5.92 Å². The van der Waals surface area contributed by atoms with Crippen LogP contribution in [0.15, 0.2) is 12.2 Å². The third kappa shape index (κ3) is 4.42. The highest BCUT2D eigenvalue weighted by Crippen LogP contribution is 2.32. The van der Waals surface area contributed by atoms with Crippen LogP contribution in [0.1, 0.15) is 32.6 Å². The summed E-state index contributed by atoms with van der Waals surface area (Å²) < 4.78 is 0. The Balaban J connectivity index is 2.03. The Morgan fingerprint density at radius 2 is 2.36 bits per heavy atom. The standard InChI is InChI=1S/C11H20N2O/c1-2-3-4-7-13-11(14)8-10(12)9-5-6-9/h2-3,9-10H,4-8,12H2,1H3,(H,13,14)/b3-2+. The molecule has 80 valence electrons. The monoisotopic (exact) mass is 196 g/mol. The lowest BCUT2D eigenvalue weighted by atomic mass is 10.1. The average molecular weight is 196 g/mol. The van der Waals surface area contributed by atoms with E-state index in [-0.39, 0.29) is 11.9 Å². The maximum absolute atomic E-state index is 11.3. The van der Waals surface area contributed by atoms with Gasteiger partial charge in [-0.1, -0.05) is 12.2 Å². The Kier molecular flexibility index (Phi) is 4.66. The van der Waals surface area contributed by atoms with E-state index in [1.165, 1.54) is 12.8 Å². The molecule has 1 aliphatic rings. The van der Waals surface area contributed by atoms with Crippen molar-refractivity contribution in [3.63, 3.8) is 0 Å². The number of carbonyl (C=O) groups is 1. The second-order valence-electron chi connectivity index (χ2n) is 3.91. The van der Waals surface area contributed by atoms with Crippen LogP contribution in [0.2, 0.25) is 0 Å². The first kappa shape index (κ1) is 11.2. The van der Waals surface area contributed by atoms with Gasteiger partial charge in [0.25, 0.3) is 0 Å². The molecule has 1 unspecified atom stereocenters. The Morgan fingerprint density at radius 1 is 1.64 bits per heavy atom. The molecule has 0 heterocycles.